The van der Waals surface area contributed by atoms with Crippen molar-refractivity contribution in [3.05, 3.63) is 76.5 Å². The molecule has 2 aromatic carbocycles. The fraction of sp³-hybridized carbons (Fsp3) is 0.0625. The van der Waals surface area contributed by atoms with E-state index in [4.69, 9.17) is 0 Å². The van der Waals surface area contributed by atoms with Crippen LogP contribution in [0.2, 0.25) is 0 Å². The Kier molecular flexibility index (Phi) is 3.32. The fourth-order valence-electron chi connectivity index (χ4n) is 2.25. The molecule has 0 saturated heterocycles. The molecule has 2 nitrogen and oxygen atoms in total. The van der Waals surface area contributed by atoms with Crippen molar-refractivity contribution in [3.8, 4) is 0 Å². The number of hydrogen-bond donors (Lipinski definition) is 1. The SMILES string of the molecule is OC(c1ccccc1Br)c1cccc2cnccc12. The van der Waals surface area contributed by atoms with Gasteiger partial charge < -0.3 is 5.11 Å². The highest BCUT2D eigenvalue weighted by atomic mass is 79.9. The summed E-state index contributed by atoms with van der Waals surface area (Å²) in [6, 6.07) is 15.6. The average Bonchev–Trinajstić information content (AvgIpc) is 2.46. The van der Waals surface area contributed by atoms with E-state index in [1.54, 1.807) is 6.20 Å². The first-order chi connectivity index (χ1) is 9.27. The van der Waals surface area contributed by atoms with Gasteiger partial charge in [0.15, 0.2) is 0 Å². The summed E-state index contributed by atoms with van der Waals surface area (Å²) in [5.74, 6) is 0. The van der Waals surface area contributed by atoms with Gasteiger partial charge >= 0.3 is 0 Å². The van der Waals surface area contributed by atoms with Crippen LogP contribution in [0.5, 0.6) is 0 Å². The number of halogens is 1. The third-order valence-electron chi connectivity index (χ3n) is 3.21. The van der Waals surface area contributed by atoms with E-state index in [1.807, 2.05) is 54.7 Å². The number of pyridine rings is 1. The van der Waals surface area contributed by atoms with Crippen molar-refractivity contribution in [2.75, 3.05) is 0 Å². The van der Waals surface area contributed by atoms with Gasteiger partial charge in [-0.2, -0.15) is 0 Å². The predicted molar refractivity (Wildman–Crippen MR) is 79.9 cm³/mol. The summed E-state index contributed by atoms with van der Waals surface area (Å²) in [5, 5.41) is 12.7. The largest absolute Gasteiger partial charge is 0.384 e. The molecule has 3 heteroatoms. The van der Waals surface area contributed by atoms with E-state index in [2.05, 4.69) is 20.9 Å². The molecule has 1 N–H and O–H groups in total. The van der Waals surface area contributed by atoms with Crippen molar-refractivity contribution >= 4 is 26.7 Å². The Balaban J connectivity index is 2.17. The molecule has 0 spiro atoms. The molecule has 1 heterocycles. The van der Waals surface area contributed by atoms with Gasteiger partial charge in [-0.1, -0.05) is 52.3 Å². The van der Waals surface area contributed by atoms with Crippen molar-refractivity contribution in [3.63, 3.8) is 0 Å². The van der Waals surface area contributed by atoms with Crippen molar-refractivity contribution in [2.45, 2.75) is 6.10 Å². The van der Waals surface area contributed by atoms with Crippen molar-refractivity contribution in [2.24, 2.45) is 0 Å². The molecule has 0 saturated carbocycles. The third kappa shape index (κ3) is 2.27. The molecule has 3 rings (SSSR count). The molecule has 0 aliphatic rings. The molecular formula is C16H12BrNO. The zero-order valence-corrected chi connectivity index (χ0v) is 11.7. The number of nitrogens with zero attached hydrogens (tertiary/aromatic N) is 1. The van der Waals surface area contributed by atoms with Gasteiger partial charge in [-0.25, -0.2) is 0 Å². The van der Waals surface area contributed by atoms with Crippen LogP contribution in [0.4, 0.5) is 0 Å². The molecule has 0 aliphatic heterocycles. The second-order valence-electron chi connectivity index (χ2n) is 4.37. The molecule has 0 bridgehead atoms. The lowest BCUT2D eigenvalue weighted by Crippen LogP contribution is -2.01. The predicted octanol–water partition coefficient (Wildman–Crippen LogP) is 4.08. The van der Waals surface area contributed by atoms with E-state index in [0.717, 1.165) is 26.4 Å². The standard InChI is InChI=1S/C16H12BrNO/c17-15-7-2-1-5-14(15)16(19)13-6-3-4-11-10-18-9-8-12(11)13/h1-10,16,19H. The Morgan fingerprint density at radius 1 is 0.947 bits per heavy atom. The van der Waals surface area contributed by atoms with Gasteiger partial charge in [0.2, 0.25) is 0 Å². The second kappa shape index (κ2) is 5.11. The Morgan fingerprint density at radius 2 is 1.74 bits per heavy atom. The molecule has 94 valence electrons. The van der Waals surface area contributed by atoms with Gasteiger partial charge in [0.25, 0.3) is 0 Å². The Hall–Kier alpha value is -1.71. The van der Waals surface area contributed by atoms with Crippen LogP contribution >= 0.6 is 15.9 Å². The fourth-order valence-corrected chi connectivity index (χ4v) is 2.75. The summed E-state index contributed by atoms with van der Waals surface area (Å²) < 4.78 is 0.911. The minimum atomic E-state index is -0.651. The zero-order chi connectivity index (χ0) is 13.2. The Morgan fingerprint density at radius 3 is 2.58 bits per heavy atom. The molecule has 0 radical (unpaired) electrons. The molecule has 1 aromatic heterocycles. The lowest BCUT2D eigenvalue weighted by molar-refractivity contribution is 0.221. The summed E-state index contributed by atoms with van der Waals surface area (Å²) in [6.45, 7) is 0. The number of benzene rings is 2. The molecule has 3 aromatic rings. The second-order valence-corrected chi connectivity index (χ2v) is 5.22. The van der Waals surface area contributed by atoms with Gasteiger partial charge in [-0.3, -0.25) is 4.98 Å². The van der Waals surface area contributed by atoms with Gasteiger partial charge in [0.1, 0.15) is 6.10 Å². The summed E-state index contributed by atoms with van der Waals surface area (Å²) in [6.07, 6.45) is 2.91. The van der Waals surface area contributed by atoms with Crippen LogP contribution in [0.15, 0.2) is 65.4 Å². The highest BCUT2D eigenvalue weighted by Gasteiger charge is 2.15. The minimum Gasteiger partial charge on any atom is -0.384 e. The summed E-state index contributed by atoms with van der Waals surface area (Å²) >= 11 is 3.49. The number of aliphatic hydroxyl groups excluding tert-OH is 1. The number of aromatic nitrogens is 1. The molecule has 0 amide bonds. The normalized spacial score (nSPS) is 12.5. The van der Waals surface area contributed by atoms with Crippen molar-refractivity contribution in [1.82, 2.24) is 4.98 Å². The Labute approximate surface area is 119 Å². The quantitative estimate of drug-likeness (QED) is 0.773. The number of fused-ring (bicyclic) bond motifs is 1. The molecule has 1 atom stereocenters. The molecular weight excluding hydrogens is 302 g/mol. The summed E-state index contributed by atoms with van der Waals surface area (Å²) in [7, 11) is 0. The maximum absolute atomic E-state index is 10.6. The average molecular weight is 314 g/mol. The highest BCUT2D eigenvalue weighted by molar-refractivity contribution is 9.10. The van der Waals surface area contributed by atoms with E-state index in [1.165, 1.54) is 0 Å². The topological polar surface area (TPSA) is 33.1 Å². The molecule has 0 fully saturated rings. The lowest BCUT2D eigenvalue weighted by atomic mass is 9.97. The monoisotopic (exact) mass is 313 g/mol. The third-order valence-corrected chi connectivity index (χ3v) is 3.93. The van der Waals surface area contributed by atoms with E-state index in [-0.39, 0.29) is 0 Å². The first-order valence-electron chi connectivity index (χ1n) is 6.02. The Bertz CT molecular complexity index is 721. The first-order valence-corrected chi connectivity index (χ1v) is 6.82. The van der Waals surface area contributed by atoms with E-state index in [0.29, 0.717) is 0 Å². The van der Waals surface area contributed by atoms with Crippen LogP contribution in [0, 0.1) is 0 Å². The van der Waals surface area contributed by atoms with Crippen molar-refractivity contribution in [1.29, 1.82) is 0 Å². The van der Waals surface area contributed by atoms with Crippen LogP contribution in [0.1, 0.15) is 17.2 Å². The maximum atomic E-state index is 10.6. The summed E-state index contributed by atoms with van der Waals surface area (Å²) in [4.78, 5) is 4.11. The van der Waals surface area contributed by atoms with E-state index in [9.17, 15) is 5.11 Å². The van der Waals surface area contributed by atoms with Gasteiger partial charge in [0, 0.05) is 22.3 Å². The minimum absolute atomic E-state index is 0.651. The lowest BCUT2D eigenvalue weighted by Gasteiger charge is -2.15. The van der Waals surface area contributed by atoms with Gasteiger partial charge in [-0.05, 0) is 28.6 Å². The van der Waals surface area contributed by atoms with Crippen molar-refractivity contribution < 1.29 is 5.11 Å². The van der Waals surface area contributed by atoms with Crippen LogP contribution in [0.25, 0.3) is 10.8 Å². The van der Waals surface area contributed by atoms with E-state index < -0.39 is 6.10 Å². The number of hydrogen-bond acceptors (Lipinski definition) is 2. The smallest absolute Gasteiger partial charge is 0.106 e. The van der Waals surface area contributed by atoms with Crippen LogP contribution in [-0.4, -0.2) is 10.1 Å². The first kappa shape index (κ1) is 12.3. The summed E-state index contributed by atoms with van der Waals surface area (Å²) in [5.41, 5.74) is 1.76. The van der Waals surface area contributed by atoms with Crippen LogP contribution in [-0.2, 0) is 0 Å². The number of rotatable bonds is 2. The molecule has 19 heavy (non-hydrogen) atoms. The number of aliphatic hydroxyl groups is 1. The van der Waals surface area contributed by atoms with Gasteiger partial charge in [0.05, 0.1) is 0 Å². The van der Waals surface area contributed by atoms with Gasteiger partial charge in [-0.15, -0.1) is 0 Å². The molecule has 1 unspecified atom stereocenters. The zero-order valence-electron chi connectivity index (χ0n) is 10.1. The van der Waals surface area contributed by atoms with E-state index >= 15 is 0 Å². The van der Waals surface area contributed by atoms with Crippen LogP contribution in [0.3, 0.4) is 0 Å². The highest BCUT2D eigenvalue weighted by Crippen LogP contribution is 2.32. The van der Waals surface area contributed by atoms with Crippen LogP contribution < -0.4 is 0 Å². The molecule has 0 aliphatic carbocycles. The maximum Gasteiger partial charge on any atom is 0.106 e.